The lowest BCUT2D eigenvalue weighted by Crippen LogP contribution is -1.98. The Morgan fingerprint density at radius 3 is 2.30 bits per heavy atom. The molecule has 118 valence electrons. The second kappa shape index (κ2) is 5.58. The summed E-state index contributed by atoms with van der Waals surface area (Å²) in [5.74, 6) is 0.606. The van der Waals surface area contributed by atoms with Crippen LogP contribution < -0.4 is 5.32 Å². The summed E-state index contributed by atoms with van der Waals surface area (Å²) in [5.41, 5.74) is 3.68. The number of halogens is 1. The van der Waals surface area contributed by atoms with Crippen molar-refractivity contribution in [2.75, 3.05) is 5.32 Å². The molecule has 0 amide bonds. The lowest BCUT2D eigenvalue weighted by atomic mass is 10.1. The summed E-state index contributed by atoms with van der Waals surface area (Å²) in [5, 5.41) is 3.96. The number of aryl methyl sites for hydroxylation is 2. The minimum atomic E-state index is -4.69. The molecule has 3 aromatic rings. The first-order valence-corrected chi connectivity index (χ1v) is 8.26. The summed E-state index contributed by atoms with van der Waals surface area (Å²) >= 11 is 0. The van der Waals surface area contributed by atoms with Gasteiger partial charge in [-0.1, -0.05) is 0 Å². The van der Waals surface area contributed by atoms with E-state index < -0.39 is 10.2 Å². The molecule has 23 heavy (non-hydrogen) atoms. The van der Waals surface area contributed by atoms with Crippen molar-refractivity contribution in [3.05, 3.63) is 53.9 Å². The Kier molecular flexibility index (Phi) is 3.73. The average Bonchev–Trinajstić information content (AvgIpc) is 2.49. The lowest BCUT2D eigenvalue weighted by Gasteiger charge is -2.10. The van der Waals surface area contributed by atoms with Crippen molar-refractivity contribution in [2.24, 2.45) is 0 Å². The van der Waals surface area contributed by atoms with Crippen LogP contribution in [0, 0.1) is 13.8 Å². The number of nitrogens with zero attached hydrogens (tertiary/aromatic N) is 2. The number of fused-ring (bicyclic) bond motifs is 1. The standard InChI is InChI=1S/C16H14FN3O2S/c1-10-7-14-15(8-11(10)2)18-9-19-16(14)20-12-3-5-13(6-4-12)23(17,21)22/h3-9H,1-2H3,(H,18,19,20). The molecule has 3 rings (SSSR count). The topological polar surface area (TPSA) is 72.0 Å². The van der Waals surface area contributed by atoms with Crippen molar-refractivity contribution in [3.8, 4) is 0 Å². The quantitative estimate of drug-likeness (QED) is 0.742. The Bertz CT molecular complexity index is 986. The number of rotatable bonds is 3. The van der Waals surface area contributed by atoms with Gasteiger partial charge in [-0.3, -0.25) is 0 Å². The van der Waals surface area contributed by atoms with Crippen LogP contribution in [-0.2, 0) is 10.2 Å². The van der Waals surface area contributed by atoms with Gasteiger partial charge in [-0.05, 0) is 61.4 Å². The van der Waals surface area contributed by atoms with E-state index in [1.165, 1.54) is 30.6 Å². The van der Waals surface area contributed by atoms with Gasteiger partial charge >= 0.3 is 10.2 Å². The van der Waals surface area contributed by atoms with E-state index >= 15 is 0 Å². The van der Waals surface area contributed by atoms with E-state index in [0.717, 1.165) is 22.0 Å². The van der Waals surface area contributed by atoms with Crippen LogP contribution in [-0.4, -0.2) is 18.4 Å². The largest absolute Gasteiger partial charge is 0.340 e. The van der Waals surface area contributed by atoms with Gasteiger partial charge in [-0.2, -0.15) is 8.42 Å². The first-order valence-electron chi connectivity index (χ1n) is 6.88. The number of anilines is 2. The van der Waals surface area contributed by atoms with Crippen molar-refractivity contribution < 1.29 is 12.3 Å². The normalized spacial score (nSPS) is 11.6. The maximum Gasteiger partial charge on any atom is 0.332 e. The van der Waals surface area contributed by atoms with Crippen molar-refractivity contribution in [2.45, 2.75) is 18.7 Å². The molecule has 0 bridgehead atoms. The average molecular weight is 331 g/mol. The molecule has 0 aliphatic carbocycles. The molecule has 2 aromatic carbocycles. The van der Waals surface area contributed by atoms with Crippen LogP contribution in [0.2, 0.25) is 0 Å². The maximum atomic E-state index is 12.9. The fourth-order valence-corrected chi connectivity index (χ4v) is 2.71. The van der Waals surface area contributed by atoms with Gasteiger partial charge in [0.05, 0.1) is 10.4 Å². The Hall–Kier alpha value is -2.54. The van der Waals surface area contributed by atoms with E-state index in [0.29, 0.717) is 11.5 Å². The third-order valence-electron chi connectivity index (χ3n) is 3.65. The summed E-state index contributed by atoms with van der Waals surface area (Å²) in [7, 11) is -4.69. The van der Waals surface area contributed by atoms with Gasteiger partial charge in [0, 0.05) is 11.1 Å². The van der Waals surface area contributed by atoms with Gasteiger partial charge in [0.2, 0.25) is 0 Å². The first-order chi connectivity index (χ1) is 10.8. The molecule has 0 atom stereocenters. The van der Waals surface area contributed by atoms with Crippen LogP contribution in [0.5, 0.6) is 0 Å². The third-order valence-corrected chi connectivity index (χ3v) is 4.48. The van der Waals surface area contributed by atoms with E-state index in [1.807, 2.05) is 26.0 Å². The highest BCUT2D eigenvalue weighted by molar-refractivity contribution is 7.86. The Balaban J connectivity index is 2.00. The molecule has 0 aliphatic heterocycles. The summed E-state index contributed by atoms with van der Waals surface area (Å²) in [6, 6.07) is 9.36. The highest BCUT2D eigenvalue weighted by Gasteiger charge is 2.11. The molecular formula is C16H14FN3O2S. The molecule has 1 heterocycles. The fourth-order valence-electron chi connectivity index (χ4n) is 2.25. The zero-order valence-electron chi connectivity index (χ0n) is 12.5. The molecular weight excluding hydrogens is 317 g/mol. The van der Waals surface area contributed by atoms with Crippen molar-refractivity contribution in [1.82, 2.24) is 9.97 Å². The summed E-state index contributed by atoms with van der Waals surface area (Å²) in [4.78, 5) is 8.11. The summed E-state index contributed by atoms with van der Waals surface area (Å²) in [6.07, 6.45) is 1.46. The summed E-state index contributed by atoms with van der Waals surface area (Å²) in [6.45, 7) is 4.02. The zero-order chi connectivity index (χ0) is 16.6. The molecule has 0 saturated carbocycles. The predicted molar refractivity (Wildman–Crippen MR) is 87.0 cm³/mol. The fraction of sp³-hybridized carbons (Fsp3) is 0.125. The maximum absolute atomic E-state index is 12.9. The van der Waals surface area contributed by atoms with E-state index in [1.54, 1.807) is 0 Å². The van der Waals surface area contributed by atoms with E-state index in [9.17, 15) is 12.3 Å². The number of hydrogen-bond acceptors (Lipinski definition) is 5. The second-order valence-electron chi connectivity index (χ2n) is 5.26. The lowest BCUT2D eigenvalue weighted by molar-refractivity contribution is 0.552. The monoisotopic (exact) mass is 331 g/mol. The molecule has 0 spiro atoms. The molecule has 0 aliphatic rings. The molecule has 1 N–H and O–H groups in total. The zero-order valence-corrected chi connectivity index (χ0v) is 13.4. The molecule has 0 saturated heterocycles. The van der Waals surface area contributed by atoms with Crippen LogP contribution in [0.1, 0.15) is 11.1 Å². The number of nitrogens with one attached hydrogen (secondary N) is 1. The molecule has 5 nitrogen and oxygen atoms in total. The van der Waals surface area contributed by atoms with Gasteiger partial charge in [-0.15, -0.1) is 3.89 Å². The minimum absolute atomic E-state index is 0.373. The molecule has 7 heteroatoms. The molecule has 0 unspecified atom stereocenters. The highest BCUT2D eigenvalue weighted by Crippen LogP contribution is 2.26. The minimum Gasteiger partial charge on any atom is -0.340 e. The number of hydrogen-bond donors (Lipinski definition) is 1. The van der Waals surface area contributed by atoms with Gasteiger partial charge in [0.1, 0.15) is 12.1 Å². The van der Waals surface area contributed by atoms with Crippen LogP contribution >= 0.6 is 0 Å². The Labute approximate surface area is 133 Å². The van der Waals surface area contributed by atoms with Gasteiger partial charge in [0.25, 0.3) is 0 Å². The first kappa shape index (κ1) is 15.4. The highest BCUT2D eigenvalue weighted by atomic mass is 32.3. The van der Waals surface area contributed by atoms with Gasteiger partial charge in [-0.25, -0.2) is 9.97 Å². The van der Waals surface area contributed by atoms with Crippen LogP contribution in [0.4, 0.5) is 15.4 Å². The molecule has 0 radical (unpaired) electrons. The van der Waals surface area contributed by atoms with Gasteiger partial charge < -0.3 is 5.32 Å². The third kappa shape index (κ3) is 3.14. The Morgan fingerprint density at radius 2 is 1.65 bits per heavy atom. The van der Waals surface area contributed by atoms with Crippen molar-refractivity contribution in [1.29, 1.82) is 0 Å². The van der Waals surface area contributed by atoms with Crippen molar-refractivity contribution in [3.63, 3.8) is 0 Å². The SMILES string of the molecule is Cc1cc2ncnc(Nc3ccc(S(=O)(=O)F)cc3)c2cc1C. The predicted octanol–water partition coefficient (Wildman–Crippen LogP) is 3.65. The Morgan fingerprint density at radius 1 is 1.00 bits per heavy atom. The van der Waals surface area contributed by atoms with E-state index in [2.05, 4.69) is 15.3 Å². The number of aromatic nitrogens is 2. The molecule has 0 fully saturated rings. The molecule has 1 aromatic heterocycles. The van der Waals surface area contributed by atoms with E-state index in [-0.39, 0.29) is 4.90 Å². The van der Waals surface area contributed by atoms with Gasteiger partial charge in [0.15, 0.2) is 0 Å². The van der Waals surface area contributed by atoms with Crippen LogP contribution in [0.3, 0.4) is 0 Å². The second-order valence-corrected chi connectivity index (χ2v) is 6.61. The van der Waals surface area contributed by atoms with Crippen LogP contribution in [0.15, 0.2) is 47.6 Å². The van der Waals surface area contributed by atoms with Crippen LogP contribution in [0.25, 0.3) is 10.9 Å². The summed E-state index contributed by atoms with van der Waals surface area (Å²) < 4.78 is 34.6. The van der Waals surface area contributed by atoms with Crippen molar-refractivity contribution >= 4 is 32.6 Å². The number of benzene rings is 2. The van der Waals surface area contributed by atoms with E-state index in [4.69, 9.17) is 0 Å². The smallest absolute Gasteiger partial charge is 0.332 e.